The van der Waals surface area contributed by atoms with Crippen LogP contribution >= 0.6 is 0 Å². The second-order valence-electron chi connectivity index (χ2n) is 12.0. The molecule has 0 spiro atoms. The van der Waals surface area contributed by atoms with Gasteiger partial charge < -0.3 is 18.9 Å². The van der Waals surface area contributed by atoms with Gasteiger partial charge in [0, 0.05) is 25.4 Å². The van der Waals surface area contributed by atoms with Crippen LogP contribution < -0.4 is 14.2 Å². The molecule has 0 bridgehead atoms. The summed E-state index contributed by atoms with van der Waals surface area (Å²) in [5.41, 5.74) is 4.89. The predicted octanol–water partition coefficient (Wildman–Crippen LogP) is 7.64. The van der Waals surface area contributed by atoms with Gasteiger partial charge in [0.15, 0.2) is 6.29 Å². The van der Waals surface area contributed by atoms with Crippen molar-refractivity contribution in [1.29, 1.82) is 0 Å². The molecule has 3 aliphatic rings. The number of hydrogen-bond donors (Lipinski definition) is 0. The highest BCUT2D eigenvalue weighted by Gasteiger charge is 2.38. The van der Waals surface area contributed by atoms with Crippen molar-refractivity contribution in [2.45, 2.75) is 70.7 Å². The summed E-state index contributed by atoms with van der Waals surface area (Å²) >= 11 is 0. The normalized spacial score (nSPS) is 26.6. The van der Waals surface area contributed by atoms with Crippen molar-refractivity contribution in [3.63, 3.8) is 0 Å². The van der Waals surface area contributed by atoms with Gasteiger partial charge >= 0.3 is 0 Å². The molecule has 5 atom stereocenters. The van der Waals surface area contributed by atoms with E-state index in [9.17, 15) is 0 Å². The molecule has 6 rings (SSSR count). The van der Waals surface area contributed by atoms with Gasteiger partial charge in [-0.3, -0.25) is 4.90 Å². The first-order valence-electron chi connectivity index (χ1n) is 15.1. The summed E-state index contributed by atoms with van der Waals surface area (Å²) in [7, 11) is 0. The lowest BCUT2D eigenvalue weighted by Gasteiger charge is -2.39. The molecule has 3 aromatic carbocycles. The fourth-order valence-corrected chi connectivity index (χ4v) is 6.52. The molecule has 2 fully saturated rings. The van der Waals surface area contributed by atoms with Crippen LogP contribution in [0.4, 0.5) is 0 Å². The quantitative estimate of drug-likeness (QED) is 0.293. The number of nitrogens with zero attached hydrogens (tertiary/aromatic N) is 1. The molecule has 5 nitrogen and oxygen atoms in total. The van der Waals surface area contributed by atoms with Crippen LogP contribution in [0.3, 0.4) is 0 Å². The molecule has 3 aromatic rings. The van der Waals surface area contributed by atoms with Crippen LogP contribution in [0.5, 0.6) is 17.2 Å². The third-order valence-corrected chi connectivity index (χ3v) is 8.84. The topological polar surface area (TPSA) is 40.2 Å². The summed E-state index contributed by atoms with van der Waals surface area (Å²) in [4.78, 5) is 2.50. The van der Waals surface area contributed by atoms with E-state index in [1.807, 2.05) is 0 Å². The van der Waals surface area contributed by atoms with E-state index in [1.165, 1.54) is 41.8 Å². The van der Waals surface area contributed by atoms with E-state index >= 15 is 0 Å². The Kier molecular flexibility index (Phi) is 8.31. The molecule has 4 unspecified atom stereocenters. The van der Waals surface area contributed by atoms with E-state index in [2.05, 4.69) is 92.4 Å². The van der Waals surface area contributed by atoms with E-state index in [4.69, 9.17) is 18.9 Å². The molecule has 0 aliphatic carbocycles. The van der Waals surface area contributed by atoms with Gasteiger partial charge in [-0.25, -0.2) is 0 Å². The second-order valence-corrected chi connectivity index (χ2v) is 12.0. The Morgan fingerprint density at radius 3 is 2.38 bits per heavy atom. The number of hydrogen-bond acceptors (Lipinski definition) is 5. The fourth-order valence-electron chi connectivity index (χ4n) is 6.52. The summed E-state index contributed by atoms with van der Waals surface area (Å²) in [6.45, 7) is 11.6. The van der Waals surface area contributed by atoms with Crippen molar-refractivity contribution < 1.29 is 18.9 Å². The van der Waals surface area contributed by atoms with E-state index in [0.29, 0.717) is 5.92 Å². The van der Waals surface area contributed by atoms with Gasteiger partial charge in [-0.05, 0) is 97.2 Å². The van der Waals surface area contributed by atoms with Gasteiger partial charge in [0.25, 0.3) is 0 Å². The number of likely N-dealkylation sites (tertiary alicyclic amines) is 1. The SMILES string of the molecule is Cc1ccc2c(c1)OC(c1ccc(OCCN3CC[C@@H](C)C3)cc1)C(c1ccc(OC3CCCCO3)cc1)C2C. The summed E-state index contributed by atoms with van der Waals surface area (Å²) in [6, 6.07) is 23.7. The van der Waals surface area contributed by atoms with Gasteiger partial charge in [-0.15, -0.1) is 0 Å². The maximum Gasteiger partial charge on any atom is 0.199 e. The molecule has 0 aromatic heterocycles. The van der Waals surface area contributed by atoms with Crippen molar-refractivity contribution in [1.82, 2.24) is 4.90 Å². The van der Waals surface area contributed by atoms with Crippen molar-refractivity contribution in [2.75, 3.05) is 32.8 Å². The van der Waals surface area contributed by atoms with Crippen LogP contribution in [-0.4, -0.2) is 44.0 Å². The second kappa shape index (κ2) is 12.2. The zero-order chi connectivity index (χ0) is 27.5. The zero-order valence-electron chi connectivity index (χ0n) is 24.2. The van der Waals surface area contributed by atoms with Crippen LogP contribution in [-0.2, 0) is 4.74 Å². The maximum absolute atomic E-state index is 6.79. The van der Waals surface area contributed by atoms with Crippen LogP contribution in [0, 0.1) is 12.8 Å². The first kappa shape index (κ1) is 27.2. The Balaban J connectivity index is 1.20. The molecule has 212 valence electrons. The van der Waals surface area contributed by atoms with Crippen LogP contribution in [0.25, 0.3) is 0 Å². The average molecular weight is 542 g/mol. The molecule has 3 aliphatic heterocycles. The first-order chi connectivity index (χ1) is 19.5. The molecule has 0 radical (unpaired) electrons. The lowest BCUT2D eigenvalue weighted by molar-refractivity contribution is -0.105. The molecule has 0 amide bonds. The number of fused-ring (bicyclic) bond motifs is 1. The fraction of sp³-hybridized carbons (Fsp3) is 0.486. The Hall–Kier alpha value is -3.02. The summed E-state index contributed by atoms with van der Waals surface area (Å²) in [5, 5.41) is 0. The maximum atomic E-state index is 6.79. The lowest BCUT2D eigenvalue weighted by Crippen LogP contribution is -2.27. The van der Waals surface area contributed by atoms with E-state index in [0.717, 1.165) is 62.2 Å². The van der Waals surface area contributed by atoms with E-state index in [1.54, 1.807) is 0 Å². The monoisotopic (exact) mass is 541 g/mol. The minimum absolute atomic E-state index is 0.0992. The number of aryl methyl sites for hydroxylation is 1. The molecule has 5 heteroatoms. The highest BCUT2D eigenvalue weighted by atomic mass is 16.7. The van der Waals surface area contributed by atoms with Gasteiger partial charge in [0.05, 0.1) is 6.61 Å². The highest BCUT2D eigenvalue weighted by Crippen LogP contribution is 2.51. The molecule has 0 saturated carbocycles. The molecule has 0 N–H and O–H groups in total. The molecular formula is C35H43NO4. The molecule has 40 heavy (non-hydrogen) atoms. The minimum atomic E-state index is -0.140. The molecule has 3 heterocycles. The predicted molar refractivity (Wildman–Crippen MR) is 159 cm³/mol. The van der Waals surface area contributed by atoms with Crippen LogP contribution in [0.15, 0.2) is 66.7 Å². The van der Waals surface area contributed by atoms with Crippen LogP contribution in [0.2, 0.25) is 0 Å². The average Bonchev–Trinajstić information content (AvgIpc) is 3.39. The largest absolute Gasteiger partial charge is 0.492 e. The smallest absolute Gasteiger partial charge is 0.199 e. The molecular weight excluding hydrogens is 498 g/mol. The van der Waals surface area contributed by atoms with Crippen LogP contribution in [0.1, 0.15) is 79.7 Å². The third-order valence-electron chi connectivity index (χ3n) is 8.84. The Morgan fingerprint density at radius 2 is 1.65 bits per heavy atom. The first-order valence-corrected chi connectivity index (χ1v) is 15.1. The van der Waals surface area contributed by atoms with Gasteiger partial charge in [-0.1, -0.05) is 50.2 Å². The van der Waals surface area contributed by atoms with Crippen molar-refractivity contribution in [3.8, 4) is 17.2 Å². The number of rotatable bonds is 8. The Bertz CT molecular complexity index is 1250. The van der Waals surface area contributed by atoms with E-state index < -0.39 is 0 Å². The van der Waals surface area contributed by atoms with Crippen molar-refractivity contribution in [3.05, 3.63) is 89.0 Å². The summed E-state index contributed by atoms with van der Waals surface area (Å²) < 4.78 is 24.8. The third kappa shape index (κ3) is 6.16. The number of ether oxygens (including phenoxy) is 4. The Labute approximate surface area is 239 Å². The van der Waals surface area contributed by atoms with Gasteiger partial charge in [0.2, 0.25) is 0 Å². The van der Waals surface area contributed by atoms with E-state index in [-0.39, 0.29) is 18.3 Å². The number of benzene rings is 3. The minimum Gasteiger partial charge on any atom is -0.492 e. The Morgan fingerprint density at radius 1 is 0.875 bits per heavy atom. The highest BCUT2D eigenvalue weighted by molar-refractivity contribution is 5.47. The summed E-state index contributed by atoms with van der Waals surface area (Å²) in [6.07, 6.45) is 4.28. The summed E-state index contributed by atoms with van der Waals surface area (Å²) in [5.74, 6) is 4.02. The molecule has 2 saturated heterocycles. The zero-order valence-corrected chi connectivity index (χ0v) is 24.2. The van der Waals surface area contributed by atoms with Crippen molar-refractivity contribution in [2.24, 2.45) is 5.92 Å². The lowest BCUT2D eigenvalue weighted by atomic mass is 9.75. The van der Waals surface area contributed by atoms with Gasteiger partial charge in [-0.2, -0.15) is 0 Å². The van der Waals surface area contributed by atoms with Crippen molar-refractivity contribution >= 4 is 0 Å². The standard InChI is InChI=1S/C35H43NO4/c1-24-7-16-31-26(3)34(27-8-14-30(15-9-27)39-33-6-4-5-20-38-33)35(40-32(31)22-24)28-10-12-29(13-11-28)37-21-19-36-18-17-25(2)23-36/h7-16,22,25-26,33-35H,4-6,17-21,23H2,1-3H3/t25-,26?,33?,34?,35?/m1/s1. The van der Waals surface area contributed by atoms with Gasteiger partial charge in [0.1, 0.15) is 30.0 Å².